The summed E-state index contributed by atoms with van der Waals surface area (Å²) in [6.45, 7) is 3.10. The molecule has 2 aliphatic rings. The van der Waals surface area contributed by atoms with E-state index in [0.29, 0.717) is 6.42 Å². The molecule has 13 heteroatoms. The van der Waals surface area contributed by atoms with Crippen molar-refractivity contribution in [3.8, 4) is 0 Å². The summed E-state index contributed by atoms with van der Waals surface area (Å²) in [5, 5.41) is 0. The molecule has 10 nitrogen and oxygen atoms in total. The first-order chi connectivity index (χ1) is 14.7. The Morgan fingerprint density at radius 1 is 0.871 bits per heavy atom. The molecule has 0 saturated carbocycles. The van der Waals surface area contributed by atoms with Gasteiger partial charge in [-0.05, 0) is 37.6 Å². The third-order valence-corrected chi connectivity index (χ3v) is 9.23. The van der Waals surface area contributed by atoms with Crippen molar-refractivity contribution in [2.45, 2.75) is 18.2 Å². The normalized spacial score (nSPS) is 20.4. The molecule has 3 rings (SSSR count). The number of sulfonamides is 1. The first-order valence-electron chi connectivity index (χ1n) is 10.1. The standard InChI is InChI=1S/C18H27FN4O6S2/c1-2-29-18(24)20-10-12-23(13-11-20)31(27,28)22-9-3-8-21(14-15-22)30(25,26)17-6-4-16(19)5-7-17/h4-7H,2-3,8-15H2,1H3. The van der Waals surface area contributed by atoms with Crippen LogP contribution in [0, 0.1) is 5.82 Å². The number of benzene rings is 1. The molecule has 0 atom stereocenters. The molecular weight excluding hydrogens is 451 g/mol. The molecule has 0 spiro atoms. The molecule has 0 aromatic heterocycles. The largest absolute Gasteiger partial charge is 0.450 e. The Hall–Kier alpha value is -1.80. The Morgan fingerprint density at radius 3 is 2.00 bits per heavy atom. The van der Waals surface area contributed by atoms with Crippen molar-refractivity contribution in [1.29, 1.82) is 0 Å². The third kappa shape index (κ3) is 5.34. The van der Waals surface area contributed by atoms with Crippen LogP contribution in [0.25, 0.3) is 0 Å². The SMILES string of the molecule is CCOC(=O)N1CCN(S(=O)(=O)N2CCCN(S(=O)(=O)c3ccc(F)cc3)CC2)CC1. The van der Waals surface area contributed by atoms with Crippen LogP contribution in [0.5, 0.6) is 0 Å². The number of carbonyl (C=O) groups excluding carboxylic acids is 1. The molecule has 0 aliphatic carbocycles. The number of amides is 1. The molecule has 2 fully saturated rings. The lowest BCUT2D eigenvalue weighted by Gasteiger charge is -2.35. The second kappa shape index (κ2) is 9.77. The summed E-state index contributed by atoms with van der Waals surface area (Å²) in [5.74, 6) is -0.532. The number of rotatable bonds is 5. The van der Waals surface area contributed by atoms with E-state index >= 15 is 0 Å². The fourth-order valence-corrected chi connectivity index (χ4v) is 6.67. The van der Waals surface area contributed by atoms with Gasteiger partial charge in [-0.15, -0.1) is 0 Å². The number of hydrogen-bond donors (Lipinski definition) is 0. The highest BCUT2D eigenvalue weighted by Gasteiger charge is 2.36. The summed E-state index contributed by atoms with van der Waals surface area (Å²) in [5.41, 5.74) is 0. The van der Waals surface area contributed by atoms with Crippen molar-refractivity contribution in [3.05, 3.63) is 30.1 Å². The van der Waals surface area contributed by atoms with Crippen LogP contribution < -0.4 is 0 Å². The number of halogens is 1. The molecule has 2 heterocycles. The Bertz CT molecular complexity index is 979. The highest BCUT2D eigenvalue weighted by atomic mass is 32.2. The number of nitrogens with zero attached hydrogens (tertiary/aromatic N) is 4. The summed E-state index contributed by atoms with van der Waals surface area (Å²) < 4.78 is 73.7. The van der Waals surface area contributed by atoms with Crippen molar-refractivity contribution >= 4 is 26.3 Å². The summed E-state index contributed by atoms with van der Waals surface area (Å²) >= 11 is 0. The summed E-state index contributed by atoms with van der Waals surface area (Å²) in [6, 6.07) is 4.56. The third-order valence-electron chi connectivity index (χ3n) is 5.28. The van der Waals surface area contributed by atoms with E-state index in [0.717, 1.165) is 12.1 Å². The fourth-order valence-electron chi connectivity index (χ4n) is 3.58. The van der Waals surface area contributed by atoms with Crippen LogP contribution >= 0.6 is 0 Å². The monoisotopic (exact) mass is 478 g/mol. The molecule has 2 aliphatic heterocycles. The summed E-state index contributed by atoms with van der Waals surface area (Å²) in [7, 11) is -7.64. The first-order valence-corrected chi connectivity index (χ1v) is 12.9. The lowest BCUT2D eigenvalue weighted by molar-refractivity contribution is 0.0924. The van der Waals surface area contributed by atoms with E-state index in [1.165, 1.54) is 29.9 Å². The van der Waals surface area contributed by atoms with Crippen LogP contribution in [-0.2, 0) is 25.0 Å². The molecule has 174 valence electrons. The van der Waals surface area contributed by atoms with Crippen molar-refractivity contribution in [2.75, 3.05) is 59.0 Å². The van der Waals surface area contributed by atoms with Gasteiger partial charge in [0.15, 0.2) is 0 Å². The molecule has 2 saturated heterocycles. The van der Waals surface area contributed by atoms with E-state index in [2.05, 4.69) is 0 Å². The highest BCUT2D eigenvalue weighted by molar-refractivity contribution is 7.89. The minimum atomic E-state index is -3.84. The maximum atomic E-state index is 13.1. The zero-order chi connectivity index (χ0) is 22.6. The topological polar surface area (TPSA) is 108 Å². The molecule has 1 aromatic rings. The Balaban J connectivity index is 1.63. The maximum Gasteiger partial charge on any atom is 0.409 e. The van der Waals surface area contributed by atoms with Gasteiger partial charge < -0.3 is 9.64 Å². The van der Waals surface area contributed by atoms with Gasteiger partial charge in [0, 0.05) is 52.4 Å². The molecule has 1 amide bonds. The van der Waals surface area contributed by atoms with Gasteiger partial charge in [0.25, 0.3) is 10.2 Å². The van der Waals surface area contributed by atoms with Crippen LogP contribution in [0.4, 0.5) is 9.18 Å². The van der Waals surface area contributed by atoms with E-state index in [1.54, 1.807) is 6.92 Å². The Morgan fingerprint density at radius 2 is 1.39 bits per heavy atom. The zero-order valence-electron chi connectivity index (χ0n) is 17.3. The van der Waals surface area contributed by atoms with Gasteiger partial charge in [0.05, 0.1) is 11.5 Å². The van der Waals surface area contributed by atoms with Gasteiger partial charge >= 0.3 is 6.09 Å². The zero-order valence-corrected chi connectivity index (χ0v) is 18.9. The maximum absolute atomic E-state index is 13.1. The molecule has 0 unspecified atom stereocenters. The smallest absolute Gasteiger partial charge is 0.409 e. The fraction of sp³-hybridized carbons (Fsp3) is 0.611. The Kier molecular flexibility index (Phi) is 7.52. The van der Waals surface area contributed by atoms with Gasteiger partial charge in [-0.3, -0.25) is 0 Å². The average molecular weight is 479 g/mol. The first kappa shape index (κ1) is 23.9. The lowest BCUT2D eigenvalue weighted by Crippen LogP contribution is -2.54. The summed E-state index contributed by atoms with van der Waals surface area (Å²) in [4.78, 5) is 13.2. The van der Waals surface area contributed by atoms with Gasteiger partial charge in [0.2, 0.25) is 10.0 Å². The van der Waals surface area contributed by atoms with Crippen molar-refractivity contribution in [3.63, 3.8) is 0 Å². The molecule has 0 N–H and O–H groups in total. The lowest BCUT2D eigenvalue weighted by atomic mass is 10.4. The highest BCUT2D eigenvalue weighted by Crippen LogP contribution is 2.21. The van der Waals surface area contributed by atoms with Gasteiger partial charge in [-0.1, -0.05) is 0 Å². The van der Waals surface area contributed by atoms with Gasteiger partial charge in [-0.25, -0.2) is 17.6 Å². The van der Waals surface area contributed by atoms with Crippen molar-refractivity contribution < 1.29 is 30.8 Å². The number of piperazine rings is 1. The predicted octanol–water partition coefficient (Wildman–Crippen LogP) is 0.541. The molecule has 0 radical (unpaired) electrons. The van der Waals surface area contributed by atoms with Crippen LogP contribution in [0.2, 0.25) is 0 Å². The Labute approximate surface area is 182 Å². The van der Waals surface area contributed by atoms with Crippen LogP contribution in [0.3, 0.4) is 0 Å². The molecule has 1 aromatic carbocycles. The predicted molar refractivity (Wildman–Crippen MR) is 110 cm³/mol. The van der Waals surface area contributed by atoms with Crippen LogP contribution in [-0.4, -0.2) is 99.7 Å². The minimum absolute atomic E-state index is 0.00172. The van der Waals surface area contributed by atoms with Crippen molar-refractivity contribution in [1.82, 2.24) is 17.8 Å². The number of hydrogen-bond acceptors (Lipinski definition) is 6. The van der Waals surface area contributed by atoms with E-state index in [1.807, 2.05) is 0 Å². The molecular formula is C18H27FN4O6S2. The van der Waals surface area contributed by atoms with E-state index in [4.69, 9.17) is 4.74 Å². The molecule has 0 bridgehead atoms. The van der Waals surface area contributed by atoms with E-state index in [-0.39, 0.29) is 63.9 Å². The second-order valence-corrected chi connectivity index (χ2v) is 11.1. The van der Waals surface area contributed by atoms with Crippen LogP contribution in [0.15, 0.2) is 29.2 Å². The minimum Gasteiger partial charge on any atom is -0.450 e. The summed E-state index contributed by atoms with van der Waals surface area (Å²) in [6.07, 6.45) is -0.126. The average Bonchev–Trinajstić information content (AvgIpc) is 3.02. The van der Waals surface area contributed by atoms with Crippen molar-refractivity contribution in [2.24, 2.45) is 0 Å². The quantitative estimate of drug-likeness (QED) is 0.611. The van der Waals surface area contributed by atoms with Gasteiger partial charge in [-0.2, -0.15) is 21.3 Å². The van der Waals surface area contributed by atoms with E-state index < -0.39 is 32.1 Å². The van der Waals surface area contributed by atoms with Crippen LogP contribution in [0.1, 0.15) is 13.3 Å². The molecule has 31 heavy (non-hydrogen) atoms. The van der Waals surface area contributed by atoms with E-state index in [9.17, 15) is 26.0 Å². The second-order valence-electron chi connectivity index (χ2n) is 7.20. The number of ether oxygens (including phenoxy) is 1. The van der Waals surface area contributed by atoms with Gasteiger partial charge in [0.1, 0.15) is 5.82 Å². The number of carbonyl (C=O) groups is 1.